The van der Waals surface area contributed by atoms with E-state index >= 15 is 0 Å². The van der Waals surface area contributed by atoms with Gasteiger partial charge in [0, 0.05) is 26.9 Å². The molecule has 2 unspecified atom stereocenters. The van der Waals surface area contributed by atoms with Gasteiger partial charge in [-0.2, -0.15) is 0 Å². The zero-order valence-corrected chi connectivity index (χ0v) is 13.2. The summed E-state index contributed by atoms with van der Waals surface area (Å²) in [6.07, 6.45) is 0.995. The molecule has 0 radical (unpaired) electrons. The van der Waals surface area contributed by atoms with Gasteiger partial charge in [0.05, 0.1) is 0 Å². The Labute approximate surface area is 124 Å². The third-order valence-corrected chi connectivity index (χ3v) is 4.57. The Balaban J connectivity index is 1.92. The summed E-state index contributed by atoms with van der Waals surface area (Å²) in [6.45, 7) is 6.59. The first-order valence-electron chi connectivity index (χ1n) is 6.61. The highest BCUT2D eigenvalue weighted by atomic mass is 35.5. The zero-order chi connectivity index (χ0) is 13.8. The molecule has 102 valence electrons. The van der Waals surface area contributed by atoms with Gasteiger partial charge in [0.25, 0.3) is 0 Å². The summed E-state index contributed by atoms with van der Waals surface area (Å²) in [4.78, 5) is 2.77. The normalized spacial score (nSPS) is 14.3. The van der Waals surface area contributed by atoms with E-state index in [4.69, 9.17) is 11.6 Å². The molecule has 0 spiro atoms. The van der Waals surface area contributed by atoms with E-state index in [2.05, 4.69) is 44.3 Å². The van der Waals surface area contributed by atoms with Crippen molar-refractivity contribution >= 4 is 22.9 Å². The lowest BCUT2D eigenvalue weighted by atomic mass is 10.1. The minimum atomic E-state index is 0.396. The van der Waals surface area contributed by atoms with Gasteiger partial charge < -0.3 is 5.32 Å². The third kappa shape index (κ3) is 4.34. The lowest BCUT2D eigenvalue weighted by molar-refractivity contribution is 0.482. The maximum absolute atomic E-state index is 6.01. The fourth-order valence-electron chi connectivity index (χ4n) is 2.27. The summed E-state index contributed by atoms with van der Waals surface area (Å²) in [5.74, 6) is 0. The average Bonchev–Trinajstić information content (AvgIpc) is 2.75. The van der Waals surface area contributed by atoms with Crippen LogP contribution in [0.1, 0.15) is 35.2 Å². The zero-order valence-electron chi connectivity index (χ0n) is 11.6. The molecular weight excluding hydrogens is 274 g/mol. The molecule has 0 aliphatic rings. The highest BCUT2D eigenvalue weighted by Gasteiger charge is 2.11. The molecule has 1 aromatic heterocycles. The number of rotatable bonds is 5. The average molecular weight is 294 g/mol. The van der Waals surface area contributed by atoms with Crippen molar-refractivity contribution in [2.24, 2.45) is 0 Å². The van der Waals surface area contributed by atoms with E-state index in [1.54, 1.807) is 0 Å². The maximum atomic E-state index is 6.01. The largest absolute Gasteiger partial charge is 0.307 e. The highest BCUT2D eigenvalue weighted by Crippen LogP contribution is 2.23. The Hall–Kier alpha value is -0.830. The molecule has 0 amide bonds. The number of benzene rings is 1. The van der Waals surface area contributed by atoms with Crippen molar-refractivity contribution in [2.75, 3.05) is 0 Å². The van der Waals surface area contributed by atoms with Crippen molar-refractivity contribution in [3.8, 4) is 0 Å². The molecule has 1 nitrogen and oxygen atoms in total. The lowest BCUT2D eigenvalue weighted by Crippen LogP contribution is -2.30. The molecule has 3 heteroatoms. The van der Waals surface area contributed by atoms with Gasteiger partial charge in [0.1, 0.15) is 0 Å². The number of aryl methyl sites for hydroxylation is 1. The van der Waals surface area contributed by atoms with E-state index in [1.807, 2.05) is 29.5 Å². The summed E-state index contributed by atoms with van der Waals surface area (Å²) in [7, 11) is 0. The van der Waals surface area contributed by atoms with Crippen molar-refractivity contribution in [2.45, 2.75) is 39.3 Å². The Bertz CT molecular complexity index is 535. The predicted molar refractivity (Wildman–Crippen MR) is 85.2 cm³/mol. The van der Waals surface area contributed by atoms with Crippen molar-refractivity contribution in [1.29, 1.82) is 0 Å². The van der Waals surface area contributed by atoms with Crippen LogP contribution in [0.15, 0.2) is 36.4 Å². The molecule has 0 aliphatic heterocycles. The molecule has 19 heavy (non-hydrogen) atoms. The molecule has 0 saturated carbocycles. The molecule has 2 atom stereocenters. The van der Waals surface area contributed by atoms with Crippen molar-refractivity contribution in [3.63, 3.8) is 0 Å². The fraction of sp³-hybridized carbons (Fsp3) is 0.375. The van der Waals surface area contributed by atoms with Gasteiger partial charge in [-0.05, 0) is 57.0 Å². The lowest BCUT2D eigenvalue weighted by Gasteiger charge is -2.19. The summed E-state index contributed by atoms with van der Waals surface area (Å²) in [5, 5.41) is 4.46. The van der Waals surface area contributed by atoms with Gasteiger partial charge in [-0.15, -0.1) is 11.3 Å². The van der Waals surface area contributed by atoms with Crippen LogP contribution in [-0.4, -0.2) is 6.04 Å². The topological polar surface area (TPSA) is 12.0 Å². The maximum Gasteiger partial charge on any atom is 0.0408 e. The second-order valence-corrected chi connectivity index (χ2v) is 6.83. The Morgan fingerprint density at radius 2 is 2.00 bits per heavy atom. The molecule has 1 N–H and O–H groups in total. The monoisotopic (exact) mass is 293 g/mol. The Kier molecular flexibility index (Phi) is 5.03. The van der Waals surface area contributed by atoms with Crippen LogP contribution in [0.3, 0.4) is 0 Å². The molecule has 0 bridgehead atoms. The first-order valence-corrected chi connectivity index (χ1v) is 7.81. The van der Waals surface area contributed by atoms with Crippen molar-refractivity contribution in [3.05, 3.63) is 56.7 Å². The fourth-order valence-corrected chi connectivity index (χ4v) is 3.37. The number of hydrogen-bond donors (Lipinski definition) is 1. The smallest absolute Gasteiger partial charge is 0.0408 e. The molecule has 2 rings (SSSR count). The molecule has 2 aromatic rings. The highest BCUT2D eigenvalue weighted by molar-refractivity contribution is 7.12. The van der Waals surface area contributed by atoms with Gasteiger partial charge in [0.15, 0.2) is 0 Å². The van der Waals surface area contributed by atoms with Gasteiger partial charge in [-0.25, -0.2) is 0 Å². The van der Waals surface area contributed by atoms with Crippen LogP contribution in [0.5, 0.6) is 0 Å². The van der Waals surface area contributed by atoms with Gasteiger partial charge in [0.2, 0.25) is 0 Å². The number of halogens is 1. The van der Waals surface area contributed by atoms with Crippen LogP contribution >= 0.6 is 22.9 Å². The van der Waals surface area contributed by atoms with Crippen molar-refractivity contribution in [1.82, 2.24) is 5.32 Å². The first kappa shape index (κ1) is 14.6. The summed E-state index contributed by atoms with van der Waals surface area (Å²) in [6, 6.07) is 13.3. The second kappa shape index (κ2) is 6.56. The first-order chi connectivity index (χ1) is 9.04. The number of nitrogens with one attached hydrogen (secondary N) is 1. The van der Waals surface area contributed by atoms with E-state index in [-0.39, 0.29) is 0 Å². The molecule has 0 saturated heterocycles. The van der Waals surface area contributed by atoms with Gasteiger partial charge in [-0.3, -0.25) is 0 Å². The quantitative estimate of drug-likeness (QED) is 0.819. The Morgan fingerprint density at radius 1 is 1.21 bits per heavy atom. The minimum absolute atomic E-state index is 0.396. The second-order valence-electron chi connectivity index (χ2n) is 5.07. The third-order valence-electron chi connectivity index (χ3n) is 3.15. The number of hydrogen-bond acceptors (Lipinski definition) is 2. The van der Waals surface area contributed by atoms with E-state index in [1.165, 1.54) is 15.3 Å². The molecule has 1 aromatic carbocycles. The van der Waals surface area contributed by atoms with E-state index in [0.717, 1.165) is 11.4 Å². The predicted octanol–water partition coefficient (Wildman–Crippen LogP) is 4.99. The van der Waals surface area contributed by atoms with Crippen molar-refractivity contribution < 1.29 is 0 Å². The van der Waals surface area contributed by atoms with E-state index in [9.17, 15) is 0 Å². The van der Waals surface area contributed by atoms with Crippen LogP contribution in [0, 0.1) is 6.92 Å². The van der Waals surface area contributed by atoms with Gasteiger partial charge in [-0.1, -0.05) is 23.7 Å². The van der Waals surface area contributed by atoms with E-state index < -0.39 is 0 Å². The Morgan fingerprint density at radius 3 is 2.63 bits per heavy atom. The molecular formula is C16H20ClNS. The van der Waals surface area contributed by atoms with Gasteiger partial charge >= 0.3 is 0 Å². The van der Waals surface area contributed by atoms with Crippen LogP contribution < -0.4 is 5.32 Å². The molecule has 1 heterocycles. The standard InChI is InChI=1S/C16H20ClNS/c1-11(9-14-5-4-6-15(17)10-14)18-13(3)16-8-7-12(2)19-16/h4-8,10-11,13,18H,9H2,1-3H3. The molecule has 0 fully saturated rings. The van der Waals surface area contributed by atoms with Crippen LogP contribution in [-0.2, 0) is 6.42 Å². The number of thiophene rings is 1. The van der Waals surface area contributed by atoms with Crippen LogP contribution in [0.2, 0.25) is 5.02 Å². The molecule has 0 aliphatic carbocycles. The van der Waals surface area contributed by atoms with Crippen LogP contribution in [0.25, 0.3) is 0 Å². The summed E-state index contributed by atoms with van der Waals surface area (Å²) < 4.78 is 0. The van der Waals surface area contributed by atoms with Crippen LogP contribution in [0.4, 0.5) is 0 Å². The SMILES string of the molecule is Cc1ccc(C(C)NC(C)Cc2cccc(Cl)c2)s1. The minimum Gasteiger partial charge on any atom is -0.307 e. The van der Waals surface area contributed by atoms with E-state index in [0.29, 0.717) is 12.1 Å². The summed E-state index contributed by atoms with van der Waals surface area (Å²) >= 11 is 7.88. The summed E-state index contributed by atoms with van der Waals surface area (Å²) in [5.41, 5.74) is 1.28.